The molecule has 0 saturated heterocycles. The zero-order valence-corrected chi connectivity index (χ0v) is 10.7. The van der Waals surface area contributed by atoms with Crippen LogP contribution in [0.4, 0.5) is 0 Å². The third kappa shape index (κ3) is 2.17. The number of ether oxygens (including phenoxy) is 2. The number of aliphatic imine (C=N–C) groups is 1. The summed E-state index contributed by atoms with van der Waals surface area (Å²) in [5.74, 6) is 0.772. The number of nitrogens with zero attached hydrogens (tertiary/aromatic N) is 1. The maximum atomic E-state index is 10.6. The second-order valence-corrected chi connectivity index (χ2v) is 4.56. The van der Waals surface area contributed by atoms with Gasteiger partial charge in [0.1, 0.15) is 11.3 Å². The third-order valence-corrected chi connectivity index (χ3v) is 3.52. The first-order valence-electron chi connectivity index (χ1n) is 6.01. The van der Waals surface area contributed by atoms with Gasteiger partial charge >= 0.3 is 0 Å². The first-order valence-corrected chi connectivity index (χ1v) is 6.01. The summed E-state index contributed by atoms with van der Waals surface area (Å²) in [6.07, 6.45) is 4.51. The van der Waals surface area contributed by atoms with Crippen molar-refractivity contribution in [2.24, 2.45) is 4.99 Å². The van der Waals surface area contributed by atoms with Gasteiger partial charge in [-0.25, -0.2) is 4.79 Å². The molecule has 0 amide bonds. The van der Waals surface area contributed by atoms with Crippen LogP contribution in [0.15, 0.2) is 23.2 Å². The molecule has 1 aliphatic rings. The van der Waals surface area contributed by atoms with Gasteiger partial charge in [-0.3, -0.25) is 0 Å². The summed E-state index contributed by atoms with van der Waals surface area (Å²) in [6.45, 7) is 0.540. The first kappa shape index (κ1) is 12.8. The molecule has 0 aliphatic heterocycles. The summed E-state index contributed by atoms with van der Waals surface area (Å²) >= 11 is 0. The zero-order chi connectivity index (χ0) is 13.0. The fourth-order valence-electron chi connectivity index (χ4n) is 2.42. The van der Waals surface area contributed by atoms with Gasteiger partial charge in [0.2, 0.25) is 6.08 Å². The van der Waals surface area contributed by atoms with Gasteiger partial charge in [-0.15, -0.1) is 0 Å². The molecule has 0 aromatic heterocycles. The van der Waals surface area contributed by atoms with E-state index in [1.165, 1.54) is 0 Å². The smallest absolute Gasteiger partial charge is 0.235 e. The van der Waals surface area contributed by atoms with E-state index < -0.39 is 5.54 Å². The molecule has 0 N–H and O–H groups in total. The molecular weight excluding hydrogens is 230 g/mol. The molecule has 1 aromatic carbocycles. The number of rotatable bonds is 5. The number of benzene rings is 1. The highest BCUT2D eigenvalue weighted by atomic mass is 16.5. The van der Waals surface area contributed by atoms with Crippen molar-refractivity contribution in [1.29, 1.82) is 0 Å². The van der Waals surface area contributed by atoms with Gasteiger partial charge in [0.15, 0.2) is 0 Å². The third-order valence-electron chi connectivity index (χ3n) is 3.52. The highest BCUT2D eigenvalue weighted by Crippen LogP contribution is 2.48. The van der Waals surface area contributed by atoms with Crippen molar-refractivity contribution in [2.75, 3.05) is 14.2 Å². The Bertz CT molecular complexity index is 474. The summed E-state index contributed by atoms with van der Waals surface area (Å²) in [5, 5.41) is 0. The fourth-order valence-corrected chi connectivity index (χ4v) is 2.42. The minimum atomic E-state index is -0.434. The van der Waals surface area contributed by atoms with Crippen molar-refractivity contribution in [3.63, 3.8) is 0 Å². The van der Waals surface area contributed by atoms with Gasteiger partial charge in [0, 0.05) is 12.7 Å². The summed E-state index contributed by atoms with van der Waals surface area (Å²) < 4.78 is 10.5. The van der Waals surface area contributed by atoms with E-state index >= 15 is 0 Å². The summed E-state index contributed by atoms with van der Waals surface area (Å²) in [6, 6.07) is 5.88. The predicted molar refractivity (Wildman–Crippen MR) is 67.4 cm³/mol. The van der Waals surface area contributed by atoms with E-state index in [0.717, 1.165) is 36.1 Å². The van der Waals surface area contributed by atoms with Crippen molar-refractivity contribution in [2.45, 2.75) is 31.4 Å². The molecule has 4 heteroatoms. The van der Waals surface area contributed by atoms with Gasteiger partial charge in [0.25, 0.3) is 0 Å². The summed E-state index contributed by atoms with van der Waals surface area (Å²) in [7, 11) is 3.29. The molecule has 18 heavy (non-hydrogen) atoms. The lowest BCUT2D eigenvalue weighted by Gasteiger charge is -2.38. The van der Waals surface area contributed by atoms with Crippen LogP contribution in [0.25, 0.3) is 0 Å². The maximum Gasteiger partial charge on any atom is 0.235 e. The van der Waals surface area contributed by atoms with Crippen LogP contribution in [-0.2, 0) is 21.7 Å². The molecule has 0 radical (unpaired) electrons. The molecule has 0 spiro atoms. The van der Waals surface area contributed by atoms with E-state index in [9.17, 15) is 4.79 Å². The Morgan fingerprint density at radius 2 is 2.17 bits per heavy atom. The summed E-state index contributed by atoms with van der Waals surface area (Å²) in [5.41, 5.74) is 1.59. The van der Waals surface area contributed by atoms with E-state index in [-0.39, 0.29) is 0 Å². The Labute approximate surface area is 107 Å². The van der Waals surface area contributed by atoms with Crippen molar-refractivity contribution in [3.05, 3.63) is 29.3 Å². The van der Waals surface area contributed by atoms with Crippen LogP contribution in [0.2, 0.25) is 0 Å². The molecule has 0 unspecified atom stereocenters. The van der Waals surface area contributed by atoms with Crippen LogP contribution in [-0.4, -0.2) is 20.3 Å². The lowest BCUT2D eigenvalue weighted by molar-refractivity contribution is 0.184. The Morgan fingerprint density at radius 1 is 1.39 bits per heavy atom. The van der Waals surface area contributed by atoms with Crippen molar-refractivity contribution < 1.29 is 14.3 Å². The van der Waals surface area contributed by atoms with Crippen LogP contribution in [0.3, 0.4) is 0 Å². The monoisotopic (exact) mass is 247 g/mol. The number of carbonyl (C=O) groups excluding carboxylic acids is 1. The number of methoxy groups -OCH3 is 2. The van der Waals surface area contributed by atoms with Gasteiger partial charge in [-0.2, -0.15) is 4.99 Å². The quantitative estimate of drug-likeness (QED) is 0.593. The molecule has 0 atom stereocenters. The molecule has 0 heterocycles. The molecule has 1 saturated carbocycles. The summed E-state index contributed by atoms with van der Waals surface area (Å²) in [4.78, 5) is 14.7. The largest absolute Gasteiger partial charge is 0.496 e. The lowest BCUT2D eigenvalue weighted by Crippen LogP contribution is -2.32. The molecule has 0 bridgehead atoms. The van der Waals surface area contributed by atoms with Gasteiger partial charge in [0.05, 0.1) is 13.7 Å². The minimum Gasteiger partial charge on any atom is -0.496 e. The second-order valence-electron chi connectivity index (χ2n) is 4.56. The molecule has 4 nitrogen and oxygen atoms in total. The average Bonchev–Trinajstić information content (AvgIpc) is 2.34. The topological polar surface area (TPSA) is 47.9 Å². The SMILES string of the molecule is COCc1ccc(OC)c(C2(N=C=O)CCC2)c1. The van der Waals surface area contributed by atoms with Crippen LogP contribution in [0.1, 0.15) is 30.4 Å². The van der Waals surface area contributed by atoms with E-state index in [2.05, 4.69) is 4.99 Å². The number of hydrogen-bond acceptors (Lipinski definition) is 4. The van der Waals surface area contributed by atoms with Crippen LogP contribution in [0.5, 0.6) is 5.75 Å². The molecule has 1 aromatic rings. The molecule has 1 fully saturated rings. The van der Waals surface area contributed by atoms with E-state index in [0.29, 0.717) is 6.61 Å². The Kier molecular flexibility index (Phi) is 3.80. The van der Waals surface area contributed by atoms with Crippen LogP contribution < -0.4 is 4.74 Å². The van der Waals surface area contributed by atoms with E-state index in [4.69, 9.17) is 9.47 Å². The van der Waals surface area contributed by atoms with Gasteiger partial charge < -0.3 is 9.47 Å². The minimum absolute atomic E-state index is 0.434. The highest BCUT2D eigenvalue weighted by Gasteiger charge is 2.41. The lowest BCUT2D eigenvalue weighted by atomic mass is 9.71. The molecule has 1 aliphatic carbocycles. The van der Waals surface area contributed by atoms with Gasteiger partial charge in [-0.1, -0.05) is 6.07 Å². The molecule has 2 rings (SSSR count). The predicted octanol–water partition coefficient (Wildman–Crippen LogP) is 2.56. The highest BCUT2D eigenvalue weighted by molar-refractivity contribution is 5.47. The van der Waals surface area contributed by atoms with Crippen LogP contribution in [0, 0.1) is 0 Å². The standard InChI is InChI=1S/C14H17NO3/c1-17-9-11-4-5-13(18-2)12(8-11)14(15-10-16)6-3-7-14/h4-5,8H,3,6-7,9H2,1-2H3. The Morgan fingerprint density at radius 3 is 2.67 bits per heavy atom. The normalized spacial score (nSPS) is 16.6. The number of isocyanates is 1. The first-order chi connectivity index (χ1) is 8.75. The van der Waals surface area contributed by atoms with E-state index in [1.54, 1.807) is 20.3 Å². The van der Waals surface area contributed by atoms with Crippen LogP contribution >= 0.6 is 0 Å². The average molecular weight is 247 g/mol. The molecule has 96 valence electrons. The zero-order valence-electron chi connectivity index (χ0n) is 10.7. The Hall–Kier alpha value is -1.64. The van der Waals surface area contributed by atoms with Gasteiger partial charge in [-0.05, 0) is 37.0 Å². The maximum absolute atomic E-state index is 10.6. The van der Waals surface area contributed by atoms with Crippen molar-refractivity contribution in [1.82, 2.24) is 0 Å². The second kappa shape index (κ2) is 5.34. The van der Waals surface area contributed by atoms with E-state index in [1.807, 2.05) is 18.2 Å². The molecular formula is C14H17NO3. The van der Waals surface area contributed by atoms with Crippen molar-refractivity contribution in [3.8, 4) is 5.75 Å². The Balaban J connectivity index is 2.45. The van der Waals surface area contributed by atoms with Crippen molar-refractivity contribution >= 4 is 6.08 Å². The number of hydrogen-bond donors (Lipinski definition) is 0. The fraction of sp³-hybridized carbons (Fsp3) is 0.500.